The minimum atomic E-state index is -0.652. The molecule has 6 nitrogen and oxygen atoms in total. The summed E-state index contributed by atoms with van der Waals surface area (Å²) in [5.41, 5.74) is 3.03. The van der Waals surface area contributed by atoms with Gasteiger partial charge in [-0.3, -0.25) is 4.84 Å². The Bertz CT molecular complexity index is 330. The summed E-state index contributed by atoms with van der Waals surface area (Å²) in [7, 11) is 0. The van der Waals surface area contributed by atoms with Crippen LogP contribution in [-0.2, 0) is 20.9 Å². The number of hydroxylamine groups is 1. The third kappa shape index (κ3) is 6.85. The molecule has 0 bridgehead atoms. The van der Waals surface area contributed by atoms with E-state index in [1.54, 1.807) is 0 Å². The van der Waals surface area contributed by atoms with E-state index in [4.69, 9.17) is 19.4 Å². The molecule has 0 atom stereocenters. The second kappa shape index (κ2) is 9.41. The largest absolute Gasteiger partial charge is 0.443 e. The first kappa shape index (κ1) is 14.4. The molecule has 0 radical (unpaired) electrons. The van der Waals surface area contributed by atoms with Gasteiger partial charge in [0.2, 0.25) is 0 Å². The summed E-state index contributed by atoms with van der Waals surface area (Å²) in [5, 5.41) is 8.43. The molecule has 100 valence electrons. The molecule has 6 heteroatoms. The molecule has 1 rings (SSSR count). The van der Waals surface area contributed by atoms with Crippen LogP contribution in [0.4, 0.5) is 4.79 Å². The van der Waals surface area contributed by atoms with E-state index in [9.17, 15) is 4.79 Å². The first-order valence-corrected chi connectivity index (χ1v) is 5.60. The Kier molecular flexibility index (Phi) is 7.54. The monoisotopic (exact) mass is 255 g/mol. The average Bonchev–Trinajstić information content (AvgIpc) is 2.41. The molecule has 0 heterocycles. The molecule has 1 aromatic rings. The van der Waals surface area contributed by atoms with Crippen molar-refractivity contribution in [2.45, 2.75) is 6.61 Å². The van der Waals surface area contributed by atoms with Crippen molar-refractivity contribution in [3.63, 3.8) is 0 Å². The summed E-state index contributed by atoms with van der Waals surface area (Å²) < 4.78 is 9.83. The molecule has 0 spiro atoms. The predicted octanol–water partition coefficient (Wildman–Crippen LogP) is 0.853. The van der Waals surface area contributed by atoms with Gasteiger partial charge in [0.1, 0.15) is 6.61 Å². The molecule has 0 aliphatic rings. The third-order valence-corrected chi connectivity index (χ3v) is 1.93. The van der Waals surface area contributed by atoms with Crippen LogP contribution in [0.3, 0.4) is 0 Å². The van der Waals surface area contributed by atoms with Gasteiger partial charge in [-0.1, -0.05) is 30.3 Å². The van der Waals surface area contributed by atoms with Crippen molar-refractivity contribution in [3.05, 3.63) is 35.9 Å². The summed E-state index contributed by atoms with van der Waals surface area (Å²) in [6, 6.07) is 9.34. The zero-order valence-electron chi connectivity index (χ0n) is 10.0. The number of ether oxygens (including phenoxy) is 2. The van der Waals surface area contributed by atoms with Crippen molar-refractivity contribution in [2.75, 3.05) is 26.4 Å². The van der Waals surface area contributed by atoms with Crippen LogP contribution in [0.2, 0.25) is 0 Å². The van der Waals surface area contributed by atoms with Gasteiger partial charge in [-0.25, -0.2) is 4.79 Å². The van der Waals surface area contributed by atoms with Crippen molar-refractivity contribution in [3.8, 4) is 0 Å². The zero-order valence-corrected chi connectivity index (χ0v) is 10.0. The summed E-state index contributed by atoms with van der Waals surface area (Å²) in [4.78, 5) is 16.0. The summed E-state index contributed by atoms with van der Waals surface area (Å²) in [5.74, 6) is 0. The van der Waals surface area contributed by atoms with Crippen molar-refractivity contribution in [1.82, 2.24) is 5.48 Å². The Balaban J connectivity index is 2.01. The highest BCUT2D eigenvalue weighted by molar-refractivity contribution is 5.65. The maximum atomic E-state index is 11.2. The maximum Gasteiger partial charge on any atom is 0.431 e. The van der Waals surface area contributed by atoms with Crippen molar-refractivity contribution >= 4 is 6.09 Å². The number of benzene rings is 1. The molecule has 0 unspecified atom stereocenters. The lowest BCUT2D eigenvalue weighted by atomic mass is 10.2. The number of aliphatic hydroxyl groups excluding tert-OH is 1. The Morgan fingerprint density at radius 1 is 1.17 bits per heavy atom. The van der Waals surface area contributed by atoms with Gasteiger partial charge in [-0.15, -0.1) is 0 Å². The Morgan fingerprint density at radius 3 is 2.67 bits per heavy atom. The molecule has 0 saturated carbocycles. The first-order valence-electron chi connectivity index (χ1n) is 5.60. The first-order chi connectivity index (χ1) is 8.83. The van der Waals surface area contributed by atoms with E-state index in [0.29, 0.717) is 6.61 Å². The molecule has 18 heavy (non-hydrogen) atoms. The van der Waals surface area contributed by atoms with E-state index in [-0.39, 0.29) is 26.4 Å². The minimum absolute atomic E-state index is 0.0352. The standard InChI is InChI=1S/C12H17NO5/c14-6-7-16-8-9-18-13-12(15)17-10-11-4-2-1-3-5-11/h1-5,14H,6-10H2,(H,13,15). The van der Waals surface area contributed by atoms with Gasteiger partial charge in [0.25, 0.3) is 0 Å². The van der Waals surface area contributed by atoms with Crippen molar-refractivity contribution in [2.24, 2.45) is 0 Å². The lowest BCUT2D eigenvalue weighted by Crippen LogP contribution is -2.26. The van der Waals surface area contributed by atoms with Gasteiger partial charge >= 0.3 is 6.09 Å². The number of nitrogens with one attached hydrogen (secondary N) is 1. The quantitative estimate of drug-likeness (QED) is 0.532. The maximum absolute atomic E-state index is 11.2. The number of rotatable bonds is 8. The SMILES string of the molecule is O=C(NOCCOCCO)OCc1ccccc1. The minimum Gasteiger partial charge on any atom is -0.443 e. The van der Waals surface area contributed by atoms with Gasteiger partial charge in [-0.05, 0) is 5.56 Å². The van der Waals surface area contributed by atoms with E-state index in [1.807, 2.05) is 30.3 Å². The van der Waals surface area contributed by atoms with E-state index < -0.39 is 6.09 Å². The molecule has 0 fully saturated rings. The van der Waals surface area contributed by atoms with Gasteiger partial charge < -0.3 is 14.6 Å². The molecule has 1 aromatic carbocycles. The van der Waals surface area contributed by atoms with Crippen LogP contribution in [0, 0.1) is 0 Å². The molecule has 0 aliphatic heterocycles. The van der Waals surface area contributed by atoms with Crippen LogP contribution in [0.25, 0.3) is 0 Å². The molecule has 0 aliphatic carbocycles. The summed E-state index contributed by atoms with van der Waals surface area (Å²) in [6.07, 6.45) is -0.652. The van der Waals surface area contributed by atoms with Crippen molar-refractivity contribution < 1.29 is 24.2 Å². The van der Waals surface area contributed by atoms with Crippen LogP contribution in [-0.4, -0.2) is 37.6 Å². The second-order valence-electron chi connectivity index (χ2n) is 3.35. The van der Waals surface area contributed by atoms with Gasteiger partial charge in [-0.2, -0.15) is 5.48 Å². The number of amides is 1. The highest BCUT2D eigenvalue weighted by Crippen LogP contribution is 2.00. The van der Waals surface area contributed by atoms with Crippen LogP contribution >= 0.6 is 0 Å². The molecular formula is C12H17NO5. The van der Waals surface area contributed by atoms with Crippen LogP contribution < -0.4 is 5.48 Å². The van der Waals surface area contributed by atoms with E-state index in [0.717, 1.165) is 5.56 Å². The van der Waals surface area contributed by atoms with E-state index >= 15 is 0 Å². The third-order valence-electron chi connectivity index (χ3n) is 1.93. The topological polar surface area (TPSA) is 77.0 Å². The van der Waals surface area contributed by atoms with E-state index in [1.165, 1.54) is 0 Å². The fourth-order valence-corrected chi connectivity index (χ4v) is 1.13. The van der Waals surface area contributed by atoms with Crippen LogP contribution in [0.5, 0.6) is 0 Å². The van der Waals surface area contributed by atoms with Crippen LogP contribution in [0.1, 0.15) is 5.56 Å². The molecule has 2 N–H and O–H groups in total. The van der Waals surface area contributed by atoms with Crippen molar-refractivity contribution in [1.29, 1.82) is 0 Å². The average molecular weight is 255 g/mol. The summed E-state index contributed by atoms with van der Waals surface area (Å²) in [6.45, 7) is 0.894. The smallest absolute Gasteiger partial charge is 0.431 e. The van der Waals surface area contributed by atoms with Gasteiger partial charge in [0.15, 0.2) is 0 Å². The highest BCUT2D eigenvalue weighted by atomic mass is 16.7. The molecular weight excluding hydrogens is 238 g/mol. The predicted molar refractivity (Wildman–Crippen MR) is 63.6 cm³/mol. The number of aliphatic hydroxyl groups is 1. The van der Waals surface area contributed by atoms with Gasteiger partial charge in [0.05, 0.1) is 26.4 Å². The van der Waals surface area contributed by atoms with Crippen LogP contribution in [0.15, 0.2) is 30.3 Å². The Labute approximate surface area is 105 Å². The fourth-order valence-electron chi connectivity index (χ4n) is 1.13. The fraction of sp³-hybridized carbons (Fsp3) is 0.417. The lowest BCUT2D eigenvalue weighted by Gasteiger charge is -2.07. The van der Waals surface area contributed by atoms with Gasteiger partial charge in [0, 0.05) is 0 Å². The highest BCUT2D eigenvalue weighted by Gasteiger charge is 2.01. The molecule has 1 amide bonds. The normalized spacial score (nSPS) is 10.1. The molecule has 0 aromatic heterocycles. The van der Waals surface area contributed by atoms with E-state index in [2.05, 4.69) is 5.48 Å². The Hall–Kier alpha value is -1.63. The lowest BCUT2D eigenvalue weighted by molar-refractivity contribution is -0.0127. The number of carbonyl (C=O) groups is 1. The summed E-state index contributed by atoms with van der Waals surface area (Å²) >= 11 is 0. The molecule has 0 saturated heterocycles. The number of hydrogen-bond donors (Lipinski definition) is 2. The zero-order chi connectivity index (χ0) is 13.1. The Morgan fingerprint density at radius 2 is 1.94 bits per heavy atom. The number of hydrogen-bond acceptors (Lipinski definition) is 5. The number of carbonyl (C=O) groups excluding carboxylic acids is 1. The second-order valence-corrected chi connectivity index (χ2v) is 3.35.